The van der Waals surface area contributed by atoms with E-state index < -0.39 is 15.7 Å². The lowest BCUT2D eigenvalue weighted by atomic mass is 10.3. The molecule has 5 nitrogen and oxygen atoms in total. The molecule has 1 heterocycles. The summed E-state index contributed by atoms with van der Waals surface area (Å²) >= 11 is 3.29. The molecule has 20 heavy (non-hydrogen) atoms. The molecule has 0 saturated heterocycles. The third-order valence-electron chi connectivity index (χ3n) is 2.88. The van der Waals surface area contributed by atoms with Gasteiger partial charge in [0.25, 0.3) is 0 Å². The summed E-state index contributed by atoms with van der Waals surface area (Å²) in [6.45, 7) is 1.75. The zero-order valence-electron chi connectivity index (χ0n) is 10.9. The molecule has 1 aromatic carbocycles. The van der Waals surface area contributed by atoms with Crippen molar-refractivity contribution in [2.24, 2.45) is 7.05 Å². The number of hydrogen-bond donors (Lipinski definition) is 1. The Morgan fingerprint density at radius 3 is 2.60 bits per heavy atom. The monoisotopic (exact) mass is 361 g/mol. The number of halogens is 2. The molecule has 0 aliphatic rings. The minimum absolute atomic E-state index is 0.180. The first-order chi connectivity index (χ1) is 9.22. The SMILES string of the molecule is Cc1nn(C)c(CS(=O)(=O)c2ccc(N)cc2F)c1Br. The molecule has 0 fully saturated rings. The minimum Gasteiger partial charge on any atom is -0.399 e. The predicted octanol–water partition coefficient (Wildman–Crippen LogP) is 2.19. The van der Waals surface area contributed by atoms with Crippen LogP contribution in [0.4, 0.5) is 10.1 Å². The van der Waals surface area contributed by atoms with E-state index in [1.54, 1.807) is 14.0 Å². The van der Waals surface area contributed by atoms with E-state index in [9.17, 15) is 12.8 Å². The summed E-state index contributed by atoms with van der Waals surface area (Å²) in [5.74, 6) is -1.19. The number of rotatable bonds is 3. The fourth-order valence-corrected chi connectivity index (χ4v) is 4.00. The highest BCUT2D eigenvalue weighted by Gasteiger charge is 2.24. The van der Waals surface area contributed by atoms with E-state index in [-0.39, 0.29) is 16.3 Å². The van der Waals surface area contributed by atoms with Gasteiger partial charge in [0.05, 0.1) is 21.6 Å². The highest BCUT2D eigenvalue weighted by molar-refractivity contribution is 9.10. The van der Waals surface area contributed by atoms with Gasteiger partial charge in [0, 0.05) is 12.7 Å². The summed E-state index contributed by atoms with van der Waals surface area (Å²) in [7, 11) is -2.17. The summed E-state index contributed by atoms with van der Waals surface area (Å²) in [4.78, 5) is -0.363. The Morgan fingerprint density at radius 2 is 2.10 bits per heavy atom. The average molecular weight is 362 g/mol. The van der Waals surface area contributed by atoms with E-state index in [0.717, 1.165) is 6.07 Å². The summed E-state index contributed by atoms with van der Waals surface area (Å²) < 4.78 is 40.4. The largest absolute Gasteiger partial charge is 0.399 e. The summed E-state index contributed by atoms with van der Waals surface area (Å²) in [6.07, 6.45) is 0. The molecule has 0 aliphatic carbocycles. The molecule has 0 spiro atoms. The Hall–Kier alpha value is -1.41. The summed E-state index contributed by atoms with van der Waals surface area (Å²) in [5, 5.41) is 4.12. The third kappa shape index (κ3) is 2.71. The topological polar surface area (TPSA) is 78.0 Å². The first-order valence-corrected chi connectivity index (χ1v) is 8.12. The van der Waals surface area contributed by atoms with E-state index in [2.05, 4.69) is 21.0 Å². The summed E-state index contributed by atoms with van der Waals surface area (Å²) in [6, 6.07) is 3.53. The number of benzene rings is 1. The molecule has 0 amide bonds. The lowest BCUT2D eigenvalue weighted by molar-refractivity contribution is 0.565. The van der Waals surface area contributed by atoms with Crippen LogP contribution in [0.3, 0.4) is 0 Å². The van der Waals surface area contributed by atoms with Crippen molar-refractivity contribution < 1.29 is 12.8 Å². The number of nitrogens with zero attached hydrogens (tertiary/aromatic N) is 2. The van der Waals surface area contributed by atoms with Crippen LogP contribution < -0.4 is 5.73 Å². The van der Waals surface area contributed by atoms with Crippen molar-refractivity contribution in [1.29, 1.82) is 0 Å². The van der Waals surface area contributed by atoms with Crippen molar-refractivity contribution in [2.75, 3.05) is 5.73 Å². The molecule has 2 N–H and O–H groups in total. The van der Waals surface area contributed by atoms with E-state index in [1.165, 1.54) is 16.8 Å². The highest BCUT2D eigenvalue weighted by atomic mass is 79.9. The van der Waals surface area contributed by atoms with Crippen molar-refractivity contribution in [3.63, 3.8) is 0 Å². The number of sulfone groups is 1. The van der Waals surface area contributed by atoms with Crippen LogP contribution in [0.25, 0.3) is 0 Å². The molecular weight excluding hydrogens is 349 g/mol. The van der Waals surface area contributed by atoms with Crippen LogP contribution >= 0.6 is 15.9 Å². The standard InChI is InChI=1S/C12H13BrFN3O2S/c1-7-12(13)10(17(2)16-7)6-20(18,19)11-4-3-8(15)5-9(11)14/h3-5H,6,15H2,1-2H3. The number of aromatic nitrogens is 2. The molecule has 1 aromatic heterocycles. The van der Waals surface area contributed by atoms with Gasteiger partial charge in [-0.3, -0.25) is 4.68 Å². The number of nitrogen functional groups attached to an aromatic ring is 1. The van der Waals surface area contributed by atoms with Crippen LogP contribution in [0.2, 0.25) is 0 Å². The van der Waals surface area contributed by atoms with Gasteiger partial charge in [-0.1, -0.05) is 0 Å². The van der Waals surface area contributed by atoms with Crippen LogP contribution in [0.5, 0.6) is 0 Å². The Bertz CT molecular complexity index is 771. The second-order valence-electron chi connectivity index (χ2n) is 4.42. The van der Waals surface area contributed by atoms with Gasteiger partial charge in [-0.15, -0.1) is 0 Å². The smallest absolute Gasteiger partial charge is 0.186 e. The molecule has 2 aromatic rings. The van der Waals surface area contributed by atoms with Crippen LogP contribution in [0.15, 0.2) is 27.6 Å². The number of aryl methyl sites for hydroxylation is 2. The van der Waals surface area contributed by atoms with Crippen LogP contribution in [-0.2, 0) is 22.6 Å². The maximum Gasteiger partial charge on any atom is 0.186 e. The third-order valence-corrected chi connectivity index (χ3v) is 5.57. The molecule has 0 saturated carbocycles. The Balaban J connectivity index is 2.46. The van der Waals surface area contributed by atoms with Crippen LogP contribution in [0, 0.1) is 12.7 Å². The van der Waals surface area contributed by atoms with Crippen LogP contribution in [-0.4, -0.2) is 18.2 Å². The van der Waals surface area contributed by atoms with Crippen molar-refractivity contribution in [3.05, 3.63) is 39.9 Å². The first kappa shape index (κ1) is 15.0. The summed E-state index contributed by atoms with van der Waals surface area (Å²) in [5.41, 5.74) is 6.75. The molecule has 0 atom stereocenters. The van der Waals surface area contributed by atoms with Crippen molar-refractivity contribution in [3.8, 4) is 0 Å². The van der Waals surface area contributed by atoms with E-state index >= 15 is 0 Å². The van der Waals surface area contributed by atoms with Gasteiger partial charge in [-0.25, -0.2) is 12.8 Å². The van der Waals surface area contributed by atoms with E-state index in [4.69, 9.17) is 5.73 Å². The molecule has 8 heteroatoms. The van der Waals surface area contributed by atoms with Gasteiger partial charge in [-0.2, -0.15) is 5.10 Å². The Labute approximate surface area is 124 Å². The molecular formula is C12H13BrFN3O2S. The van der Waals surface area contributed by atoms with Crippen molar-refractivity contribution in [1.82, 2.24) is 9.78 Å². The van der Waals surface area contributed by atoms with Crippen molar-refractivity contribution >= 4 is 31.5 Å². The van der Waals surface area contributed by atoms with E-state index in [1.807, 2.05) is 0 Å². The molecule has 108 valence electrons. The second-order valence-corrected chi connectivity index (χ2v) is 7.17. The minimum atomic E-state index is -3.81. The van der Waals surface area contributed by atoms with Gasteiger partial charge in [-0.05, 0) is 41.1 Å². The quantitative estimate of drug-likeness (QED) is 0.849. The molecule has 2 rings (SSSR count). The fourth-order valence-electron chi connectivity index (χ4n) is 1.86. The van der Waals surface area contributed by atoms with Gasteiger partial charge >= 0.3 is 0 Å². The maximum absolute atomic E-state index is 13.8. The Morgan fingerprint density at radius 1 is 1.45 bits per heavy atom. The molecule has 0 unspecified atom stereocenters. The first-order valence-electron chi connectivity index (χ1n) is 5.68. The molecule has 0 bridgehead atoms. The van der Waals surface area contributed by atoms with E-state index in [0.29, 0.717) is 15.9 Å². The maximum atomic E-state index is 13.8. The lowest BCUT2D eigenvalue weighted by Gasteiger charge is -2.07. The van der Waals surface area contributed by atoms with Crippen LogP contribution in [0.1, 0.15) is 11.4 Å². The molecule has 0 radical (unpaired) electrons. The number of anilines is 1. The van der Waals surface area contributed by atoms with Gasteiger partial charge in [0.15, 0.2) is 9.84 Å². The number of nitrogens with two attached hydrogens (primary N) is 1. The predicted molar refractivity (Wildman–Crippen MR) is 77.3 cm³/mol. The molecule has 0 aliphatic heterocycles. The highest BCUT2D eigenvalue weighted by Crippen LogP contribution is 2.26. The van der Waals surface area contributed by atoms with Gasteiger partial charge in [0.2, 0.25) is 0 Å². The number of hydrogen-bond acceptors (Lipinski definition) is 4. The Kier molecular flexibility index (Phi) is 3.88. The van der Waals surface area contributed by atoms with Crippen molar-refractivity contribution in [2.45, 2.75) is 17.6 Å². The van der Waals surface area contributed by atoms with Gasteiger partial charge in [0.1, 0.15) is 10.7 Å². The lowest BCUT2D eigenvalue weighted by Crippen LogP contribution is -2.11. The zero-order valence-corrected chi connectivity index (χ0v) is 13.3. The normalized spacial score (nSPS) is 11.8. The second kappa shape index (κ2) is 5.17. The van der Waals surface area contributed by atoms with Gasteiger partial charge < -0.3 is 5.73 Å². The fraction of sp³-hybridized carbons (Fsp3) is 0.250. The zero-order chi connectivity index (χ0) is 15.1. The average Bonchev–Trinajstić information content (AvgIpc) is 2.55.